The zero-order valence-corrected chi connectivity index (χ0v) is 12.7. The summed E-state index contributed by atoms with van der Waals surface area (Å²) in [5, 5.41) is 14.4. The number of carbonyl (C=O) groups is 1. The lowest BCUT2D eigenvalue weighted by atomic mass is 10.3. The lowest BCUT2D eigenvalue weighted by Crippen LogP contribution is -2.13. The fraction of sp³-hybridized carbons (Fsp3) is 0. The van der Waals surface area contributed by atoms with Gasteiger partial charge in [-0.2, -0.15) is 0 Å². The van der Waals surface area contributed by atoms with Gasteiger partial charge in [-0.1, -0.05) is 11.6 Å². The molecule has 7 heteroatoms. The van der Waals surface area contributed by atoms with Gasteiger partial charge in [0.2, 0.25) is 0 Å². The number of anilines is 3. The fourth-order valence-electron chi connectivity index (χ4n) is 1.83. The summed E-state index contributed by atoms with van der Waals surface area (Å²) in [6, 6.07) is 14.0. The second-order valence-corrected chi connectivity index (χ2v) is 5.07. The summed E-state index contributed by atoms with van der Waals surface area (Å²) in [5.41, 5.74) is 1.30. The minimum absolute atomic E-state index is 0.286. The van der Waals surface area contributed by atoms with Crippen molar-refractivity contribution in [3.8, 4) is 0 Å². The molecule has 0 radical (unpaired) electrons. The Hall–Kier alpha value is -2.99. The molecule has 2 aromatic heterocycles. The van der Waals surface area contributed by atoms with Crippen LogP contribution in [0, 0.1) is 0 Å². The molecular formula is C16H12ClN5O. The van der Waals surface area contributed by atoms with E-state index in [2.05, 4.69) is 25.8 Å². The van der Waals surface area contributed by atoms with Crippen LogP contribution in [-0.4, -0.2) is 21.1 Å². The zero-order chi connectivity index (χ0) is 16.1. The van der Waals surface area contributed by atoms with E-state index in [1.807, 2.05) is 12.1 Å². The van der Waals surface area contributed by atoms with Gasteiger partial charge < -0.3 is 10.6 Å². The standard InChI is InChI=1S/C16H12ClN5O/c17-12-3-5-13(6-4-12)19-14-7-8-15(22-21-14)20-16(23)11-2-1-9-18-10-11/h1-10H,(H,19,21)(H,20,22,23). The van der Waals surface area contributed by atoms with Gasteiger partial charge >= 0.3 is 0 Å². The van der Waals surface area contributed by atoms with Crippen molar-refractivity contribution in [1.82, 2.24) is 15.2 Å². The Balaban J connectivity index is 1.65. The first-order valence-electron chi connectivity index (χ1n) is 6.78. The molecule has 0 aliphatic heterocycles. The van der Waals surface area contributed by atoms with Crippen LogP contribution in [0.3, 0.4) is 0 Å². The molecule has 0 aliphatic carbocycles. The highest BCUT2D eigenvalue weighted by molar-refractivity contribution is 6.30. The minimum atomic E-state index is -0.286. The molecule has 2 N–H and O–H groups in total. The molecule has 0 bridgehead atoms. The van der Waals surface area contributed by atoms with Gasteiger partial charge in [-0.3, -0.25) is 9.78 Å². The highest BCUT2D eigenvalue weighted by atomic mass is 35.5. The van der Waals surface area contributed by atoms with E-state index < -0.39 is 0 Å². The van der Waals surface area contributed by atoms with Crippen LogP contribution in [0.2, 0.25) is 5.02 Å². The van der Waals surface area contributed by atoms with Gasteiger partial charge in [0, 0.05) is 23.1 Å². The second-order valence-electron chi connectivity index (χ2n) is 4.63. The molecule has 3 aromatic rings. The molecule has 2 heterocycles. The number of rotatable bonds is 4. The molecule has 0 spiro atoms. The fourth-order valence-corrected chi connectivity index (χ4v) is 1.96. The summed E-state index contributed by atoms with van der Waals surface area (Å²) in [4.78, 5) is 15.9. The van der Waals surface area contributed by atoms with Gasteiger partial charge in [-0.15, -0.1) is 10.2 Å². The molecular weight excluding hydrogens is 314 g/mol. The van der Waals surface area contributed by atoms with E-state index in [-0.39, 0.29) is 5.91 Å². The molecule has 6 nitrogen and oxygen atoms in total. The van der Waals surface area contributed by atoms with Gasteiger partial charge in [0.25, 0.3) is 5.91 Å². The van der Waals surface area contributed by atoms with E-state index >= 15 is 0 Å². The summed E-state index contributed by atoms with van der Waals surface area (Å²) in [6.07, 6.45) is 3.09. The first-order valence-corrected chi connectivity index (χ1v) is 7.16. The van der Waals surface area contributed by atoms with E-state index in [1.54, 1.807) is 42.6 Å². The number of hydrogen-bond acceptors (Lipinski definition) is 5. The maximum atomic E-state index is 12.0. The Morgan fingerprint density at radius 3 is 2.35 bits per heavy atom. The highest BCUT2D eigenvalue weighted by Crippen LogP contribution is 2.17. The van der Waals surface area contributed by atoms with Crippen molar-refractivity contribution in [2.45, 2.75) is 0 Å². The number of halogens is 1. The third-order valence-corrected chi connectivity index (χ3v) is 3.20. The van der Waals surface area contributed by atoms with Crippen molar-refractivity contribution in [2.24, 2.45) is 0 Å². The second kappa shape index (κ2) is 6.85. The Kier molecular flexibility index (Phi) is 4.44. The number of amides is 1. The molecule has 3 rings (SSSR count). The van der Waals surface area contributed by atoms with Crippen molar-refractivity contribution in [1.29, 1.82) is 0 Å². The third kappa shape index (κ3) is 4.02. The molecule has 1 amide bonds. The predicted octanol–water partition coefficient (Wildman–Crippen LogP) is 3.52. The zero-order valence-electron chi connectivity index (χ0n) is 11.9. The van der Waals surface area contributed by atoms with E-state index in [0.29, 0.717) is 22.2 Å². The normalized spacial score (nSPS) is 10.1. The van der Waals surface area contributed by atoms with Crippen LogP contribution < -0.4 is 10.6 Å². The number of aromatic nitrogens is 3. The molecule has 0 atom stereocenters. The van der Waals surface area contributed by atoms with Crippen LogP contribution in [0.25, 0.3) is 0 Å². The van der Waals surface area contributed by atoms with E-state index in [4.69, 9.17) is 11.6 Å². The minimum Gasteiger partial charge on any atom is -0.339 e. The summed E-state index contributed by atoms with van der Waals surface area (Å²) in [6.45, 7) is 0. The Morgan fingerprint density at radius 2 is 1.70 bits per heavy atom. The molecule has 0 fully saturated rings. The molecule has 1 aromatic carbocycles. The Bertz CT molecular complexity index is 791. The summed E-state index contributed by atoms with van der Waals surface area (Å²) in [7, 11) is 0. The molecule has 0 aliphatic rings. The van der Waals surface area contributed by atoms with Crippen molar-refractivity contribution < 1.29 is 4.79 Å². The number of nitrogens with one attached hydrogen (secondary N) is 2. The summed E-state index contributed by atoms with van der Waals surface area (Å²) < 4.78 is 0. The number of hydrogen-bond donors (Lipinski definition) is 2. The van der Waals surface area contributed by atoms with Crippen molar-refractivity contribution in [3.63, 3.8) is 0 Å². The average Bonchev–Trinajstić information content (AvgIpc) is 2.59. The first-order chi connectivity index (χ1) is 11.2. The predicted molar refractivity (Wildman–Crippen MR) is 89.0 cm³/mol. The molecule has 0 saturated heterocycles. The lowest BCUT2D eigenvalue weighted by molar-refractivity contribution is 0.102. The summed E-state index contributed by atoms with van der Waals surface area (Å²) in [5.74, 6) is 0.637. The van der Waals surface area contributed by atoms with E-state index in [9.17, 15) is 4.79 Å². The Morgan fingerprint density at radius 1 is 0.957 bits per heavy atom. The third-order valence-electron chi connectivity index (χ3n) is 2.95. The van der Waals surface area contributed by atoms with Gasteiger partial charge in [-0.05, 0) is 48.5 Å². The quantitative estimate of drug-likeness (QED) is 0.767. The SMILES string of the molecule is O=C(Nc1ccc(Nc2ccc(Cl)cc2)nn1)c1cccnc1. The van der Waals surface area contributed by atoms with Gasteiger partial charge in [0.1, 0.15) is 0 Å². The smallest absolute Gasteiger partial charge is 0.258 e. The number of carbonyl (C=O) groups excluding carboxylic acids is 1. The van der Waals surface area contributed by atoms with Gasteiger partial charge in [0.15, 0.2) is 11.6 Å². The number of nitrogens with zero attached hydrogens (tertiary/aromatic N) is 3. The van der Waals surface area contributed by atoms with Crippen LogP contribution in [0.1, 0.15) is 10.4 Å². The highest BCUT2D eigenvalue weighted by Gasteiger charge is 2.07. The van der Waals surface area contributed by atoms with E-state index in [1.165, 1.54) is 6.20 Å². The topological polar surface area (TPSA) is 79.8 Å². The van der Waals surface area contributed by atoms with Crippen LogP contribution in [-0.2, 0) is 0 Å². The lowest BCUT2D eigenvalue weighted by Gasteiger charge is -2.06. The van der Waals surface area contributed by atoms with Gasteiger partial charge in [0.05, 0.1) is 5.56 Å². The van der Waals surface area contributed by atoms with Gasteiger partial charge in [-0.25, -0.2) is 0 Å². The maximum Gasteiger partial charge on any atom is 0.258 e. The van der Waals surface area contributed by atoms with Crippen molar-refractivity contribution in [2.75, 3.05) is 10.6 Å². The van der Waals surface area contributed by atoms with Crippen LogP contribution in [0.4, 0.5) is 17.3 Å². The van der Waals surface area contributed by atoms with E-state index in [0.717, 1.165) is 5.69 Å². The number of pyridine rings is 1. The van der Waals surface area contributed by atoms with Crippen molar-refractivity contribution in [3.05, 3.63) is 71.5 Å². The largest absolute Gasteiger partial charge is 0.339 e. The Labute approximate surface area is 137 Å². The maximum absolute atomic E-state index is 12.0. The molecule has 0 unspecified atom stereocenters. The van der Waals surface area contributed by atoms with Crippen LogP contribution >= 0.6 is 11.6 Å². The molecule has 0 saturated carbocycles. The van der Waals surface area contributed by atoms with Crippen molar-refractivity contribution >= 4 is 34.8 Å². The summed E-state index contributed by atoms with van der Waals surface area (Å²) >= 11 is 5.83. The first kappa shape index (κ1) is 14.9. The molecule has 23 heavy (non-hydrogen) atoms. The van der Waals surface area contributed by atoms with Crippen LogP contribution in [0.5, 0.6) is 0 Å². The number of benzene rings is 1. The average molecular weight is 326 g/mol. The van der Waals surface area contributed by atoms with Crippen LogP contribution in [0.15, 0.2) is 60.9 Å². The monoisotopic (exact) mass is 325 g/mol. The molecule has 114 valence electrons.